The Hall–Kier alpha value is -0.520. The van der Waals surface area contributed by atoms with E-state index in [1.165, 1.54) is 19.5 Å². The molecule has 0 aromatic carbocycles. The van der Waals surface area contributed by atoms with E-state index >= 15 is 0 Å². The zero-order valence-corrected chi connectivity index (χ0v) is 10.3. The van der Waals surface area contributed by atoms with Gasteiger partial charge in [-0.15, -0.1) is 12.3 Å². The predicted molar refractivity (Wildman–Crippen MR) is 65.7 cm³/mol. The van der Waals surface area contributed by atoms with Crippen LogP contribution in [0.4, 0.5) is 0 Å². The van der Waals surface area contributed by atoms with Crippen LogP contribution in [-0.4, -0.2) is 36.6 Å². The van der Waals surface area contributed by atoms with Crippen LogP contribution in [0.5, 0.6) is 0 Å². The van der Waals surface area contributed by atoms with E-state index in [4.69, 9.17) is 6.42 Å². The van der Waals surface area contributed by atoms with Gasteiger partial charge >= 0.3 is 0 Å². The van der Waals surface area contributed by atoms with Crippen LogP contribution < -0.4 is 5.32 Å². The van der Waals surface area contributed by atoms with Gasteiger partial charge in [-0.2, -0.15) is 0 Å². The van der Waals surface area contributed by atoms with Crippen molar-refractivity contribution >= 4 is 0 Å². The lowest BCUT2D eigenvalue weighted by Gasteiger charge is -2.40. The number of hydrogen-bond donors (Lipinski definition) is 1. The molecular formula is C13H24N2. The SMILES string of the molecule is C#CCC(C)N1CCC(NCC)C(C)C1. The number of terminal acetylenes is 1. The van der Waals surface area contributed by atoms with Gasteiger partial charge in [-0.1, -0.05) is 13.8 Å². The monoisotopic (exact) mass is 208 g/mol. The molecule has 0 spiro atoms. The van der Waals surface area contributed by atoms with E-state index in [1.807, 2.05) is 0 Å². The van der Waals surface area contributed by atoms with E-state index in [0.717, 1.165) is 18.9 Å². The molecular weight excluding hydrogens is 184 g/mol. The van der Waals surface area contributed by atoms with Gasteiger partial charge in [0.15, 0.2) is 0 Å². The van der Waals surface area contributed by atoms with Gasteiger partial charge in [0.2, 0.25) is 0 Å². The second-order valence-corrected chi connectivity index (χ2v) is 4.68. The molecule has 3 atom stereocenters. The van der Waals surface area contributed by atoms with Gasteiger partial charge in [-0.3, -0.25) is 4.90 Å². The molecule has 1 saturated heterocycles. The van der Waals surface area contributed by atoms with Crippen LogP contribution in [0.1, 0.15) is 33.6 Å². The number of likely N-dealkylation sites (tertiary alicyclic amines) is 1. The summed E-state index contributed by atoms with van der Waals surface area (Å²) in [5.74, 6) is 3.49. The molecule has 0 radical (unpaired) electrons. The fraction of sp³-hybridized carbons (Fsp3) is 0.846. The van der Waals surface area contributed by atoms with Crippen molar-refractivity contribution in [3.05, 3.63) is 0 Å². The lowest BCUT2D eigenvalue weighted by atomic mass is 9.92. The summed E-state index contributed by atoms with van der Waals surface area (Å²) in [6, 6.07) is 1.24. The average Bonchev–Trinajstić information content (AvgIpc) is 2.21. The summed E-state index contributed by atoms with van der Waals surface area (Å²) in [5.41, 5.74) is 0. The molecule has 0 aromatic heterocycles. The Kier molecular flexibility index (Phi) is 5.14. The first-order chi connectivity index (χ1) is 7.19. The van der Waals surface area contributed by atoms with Crippen molar-refractivity contribution in [2.24, 2.45) is 5.92 Å². The normalized spacial score (nSPS) is 29.7. The summed E-state index contributed by atoms with van der Waals surface area (Å²) < 4.78 is 0. The molecule has 0 amide bonds. The Morgan fingerprint density at radius 1 is 1.60 bits per heavy atom. The van der Waals surface area contributed by atoms with Crippen molar-refractivity contribution < 1.29 is 0 Å². The van der Waals surface area contributed by atoms with Gasteiger partial charge in [-0.05, 0) is 32.4 Å². The Morgan fingerprint density at radius 3 is 2.87 bits per heavy atom. The zero-order chi connectivity index (χ0) is 11.3. The number of piperidine rings is 1. The highest BCUT2D eigenvalue weighted by Gasteiger charge is 2.27. The average molecular weight is 208 g/mol. The highest BCUT2D eigenvalue weighted by atomic mass is 15.2. The van der Waals surface area contributed by atoms with Crippen molar-refractivity contribution in [1.82, 2.24) is 10.2 Å². The predicted octanol–water partition coefficient (Wildman–Crippen LogP) is 1.72. The minimum absolute atomic E-state index is 0.542. The molecule has 1 N–H and O–H groups in total. The van der Waals surface area contributed by atoms with Gasteiger partial charge < -0.3 is 5.32 Å². The minimum Gasteiger partial charge on any atom is -0.314 e. The van der Waals surface area contributed by atoms with Crippen LogP contribution >= 0.6 is 0 Å². The molecule has 15 heavy (non-hydrogen) atoms. The van der Waals surface area contributed by atoms with E-state index in [9.17, 15) is 0 Å². The molecule has 1 aliphatic rings. The highest BCUT2D eigenvalue weighted by Crippen LogP contribution is 2.19. The van der Waals surface area contributed by atoms with E-state index in [1.54, 1.807) is 0 Å². The maximum atomic E-state index is 5.36. The Labute approximate surface area is 94.4 Å². The molecule has 0 aliphatic carbocycles. The first-order valence-corrected chi connectivity index (χ1v) is 6.09. The lowest BCUT2D eigenvalue weighted by molar-refractivity contribution is 0.113. The standard InChI is InChI=1S/C13H24N2/c1-5-7-12(4)15-9-8-13(14-6-2)11(3)10-15/h1,11-14H,6-10H2,2-4H3. The molecule has 1 aliphatic heterocycles. The fourth-order valence-corrected chi connectivity index (χ4v) is 2.44. The first-order valence-electron chi connectivity index (χ1n) is 6.09. The minimum atomic E-state index is 0.542. The third kappa shape index (κ3) is 3.52. The third-order valence-electron chi connectivity index (χ3n) is 3.44. The second kappa shape index (κ2) is 6.15. The third-order valence-corrected chi connectivity index (χ3v) is 3.44. The summed E-state index contributed by atoms with van der Waals surface area (Å²) in [7, 11) is 0. The Bertz CT molecular complexity index is 219. The Balaban J connectivity index is 2.40. The van der Waals surface area contributed by atoms with Crippen molar-refractivity contribution in [3.63, 3.8) is 0 Å². The van der Waals surface area contributed by atoms with Gasteiger partial charge in [-0.25, -0.2) is 0 Å². The second-order valence-electron chi connectivity index (χ2n) is 4.68. The van der Waals surface area contributed by atoms with Crippen LogP contribution in [0, 0.1) is 18.3 Å². The van der Waals surface area contributed by atoms with Crippen molar-refractivity contribution in [2.45, 2.75) is 45.7 Å². The van der Waals surface area contributed by atoms with Crippen LogP contribution in [0.3, 0.4) is 0 Å². The molecule has 0 aromatic rings. The number of hydrogen-bond acceptors (Lipinski definition) is 2. The molecule has 0 saturated carbocycles. The highest BCUT2D eigenvalue weighted by molar-refractivity contribution is 4.92. The maximum Gasteiger partial charge on any atom is 0.0240 e. The number of nitrogens with zero attached hydrogens (tertiary/aromatic N) is 1. The molecule has 3 unspecified atom stereocenters. The summed E-state index contributed by atoms with van der Waals surface area (Å²) >= 11 is 0. The van der Waals surface area contributed by atoms with Gasteiger partial charge in [0, 0.05) is 25.0 Å². The van der Waals surface area contributed by atoms with E-state index in [2.05, 4.69) is 36.9 Å². The summed E-state index contributed by atoms with van der Waals surface area (Å²) in [6.07, 6.45) is 7.48. The summed E-state index contributed by atoms with van der Waals surface area (Å²) in [4.78, 5) is 2.53. The van der Waals surface area contributed by atoms with Crippen molar-refractivity contribution in [1.29, 1.82) is 0 Å². The molecule has 1 heterocycles. The lowest BCUT2D eigenvalue weighted by Crippen LogP contribution is -2.50. The zero-order valence-electron chi connectivity index (χ0n) is 10.3. The maximum absolute atomic E-state index is 5.36. The summed E-state index contributed by atoms with van der Waals surface area (Å²) in [6.45, 7) is 10.2. The molecule has 0 bridgehead atoms. The van der Waals surface area contributed by atoms with Gasteiger partial charge in [0.05, 0.1) is 0 Å². The van der Waals surface area contributed by atoms with Gasteiger partial charge in [0.25, 0.3) is 0 Å². The number of rotatable bonds is 4. The number of nitrogens with one attached hydrogen (secondary N) is 1. The Morgan fingerprint density at radius 2 is 2.33 bits per heavy atom. The molecule has 2 heteroatoms. The van der Waals surface area contributed by atoms with Crippen molar-refractivity contribution in [3.8, 4) is 12.3 Å². The summed E-state index contributed by atoms with van der Waals surface area (Å²) in [5, 5.41) is 3.56. The van der Waals surface area contributed by atoms with Gasteiger partial charge in [0.1, 0.15) is 0 Å². The van der Waals surface area contributed by atoms with E-state index in [0.29, 0.717) is 12.1 Å². The van der Waals surface area contributed by atoms with Crippen LogP contribution in [0.25, 0.3) is 0 Å². The fourth-order valence-electron chi connectivity index (χ4n) is 2.44. The topological polar surface area (TPSA) is 15.3 Å². The molecule has 1 rings (SSSR count). The molecule has 1 fully saturated rings. The van der Waals surface area contributed by atoms with E-state index in [-0.39, 0.29) is 0 Å². The first kappa shape index (κ1) is 12.5. The largest absolute Gasteiger partial charge is 0.314 e. The van der Waals surface area contributed by atoms with Crippen molar-refractivity contribution in [2.75, 3.05) is 19.6 Å². The van der Waals surface area contributed by atoms with Crippen LogP contribution in [-0.2, 0) is 0 Å². The van der Waals surface area contributed by atoms with Crippen LogP contribution in [0.15, 0.2) is 0 Å². The van der Waals surface area contributed by atoms with Crippen LogP contribution in [0.2, 0.25) is 0 Å². The molecule has 2 nitrogen and oxygen atoms in total. The quantitative estimate of drug-likeness (QED) is 0.708. The molecule has 86 valence electrons. The smallest absolute Gasteiger partial charge is 0.0240 e. The van der Waals surface area contributed by atoms with E-state index < -0.39 is 0 Å².